The van der Waals surface area contributed by atoms with Crippen molar-refractivity contribution in [2.24, 2.45) is 0 Å². The molecule has 0 saturated carbocycles. The molecule has 3 heteroatoms. The Kier molecular flexibility index (Phi) is 15.7. The van der Waals surface area contributed by atoms with Crippen LogP contribution >= 0.6 is 0 Å². The highest BCUT2D eigenvalue weighted by molar-refractivity contribution is 7.97. The van der Waals surface area contributed by atoms with Crippen LogP contribution in [0.15, 0.2) is 93.5 Å². The molecule has 0 fully saturated rings. The van der Waals surface area contributed by atoms with Crippen LogP contribution in [0.25, 0.3) is 0 Å². The molecule has 0 spiro atoms. The van der Waals surface area contributed by atoms with Crippen LogP contribution in [0, 0.1) is 0 Å². The topological polar surface area (TPSA) is 18.5 Å². The summed E-state index contributed by atoms with van der Waals surface area (Å²) in [5.74, 6) is 1.94. The summed E-state index contributed by atoms with van der Waals surface area (Å²) in [7, 11) is -0.168. The smallest absolute Gasteiger partial charge is 0.166 e. The van der Waals surface area contributed by atoms with Crippen molar-refractivity contribution in [3.63, 3.8) is 0 Å². The first-order chi connectivity index (χ1) is 19.3. The molecule has 2 nitrogen and oxygen atoms in total. The molecule has 0 aliphatic heterocycles. The van der Waals surface area contributed by atoms with Crippen molar-refractivity contribution in [3.8, 4) is 11.5 Å². The molecule has 3 rings (SSSR count). The number of hydrogen-bond donors (Lipinski definition) is 0. The first-order valence-electron chi connectivity index (χ1n) is 15.6. The van der Waals surface area contributed by atoms with Gasteiger partial charge in [0.15, 0.2) is 14.7 Å². The van der Waals surface area contributed by atoms with Crippen molar-refractivity contribution >= 4 is 10.9 Å². The van der Waals surface area contributed by atoms with Gasteiger partial charge in [0, 0.05) is 0 Å². The molecule has 212 valence electrons. The van der Waals surface area contributed by atoms with Crippen LogP contribution in [0.5, 0.6) is 11.5 Å². The lowest BCUT2D eigenvalue weighted by atomic mass is 10.1. The van der Waals surface area contributed by atoms with Crippen LogP contribution in [0.4, 0.5) is 0 Å². The van der Waals surface area contributed by atoms with Gasteiger partial charge in [-0.1, -0.05) is 109 Å². The Morgan fingerprint density at radius 2 is 0.769 bits per heavy atom. The number of benzene rings is 3. The van der Waals surface area contributed by atoms with E-state index in [0.29, 0.717) is 0 Å². The molecule has 0 radical (unpaired) electrons. The fourth-order valence-electron chi connectivity index (χ4n) is 4.81. The predicted molar refractivity (Wildman–Crippen MR) is 168 cm³/mol. The summed E-state index contributed by atoms with van der Waals surface area (Å²) < 4.78 is 12.1. The minimum absolute atomic E-state index is 0.168. The van der Waals surface area contributed by atoms with Crippen LogP contribution in [0.2, 0.25) is 0 Å². The van der Waals surface area contributed by atoms with Crippen molar-refractivity contribution < 1.29 is 9.47 Å². The van der Waals surface area contributed by atoms with E-state index in [-0.39, 0.29) is 10.9 Å². The molecule has 39 heavy (non-hydrogen) atoms. The van der Waals surface area contributed by atoms with Crippen LogP contribution in [0.3, 0.4) is 0 Å². The molecule has 0 amide bonds. The summed E-state index contributed by atoms with van der Waals surface area (Å²) in [5, 5.41) is 0. The van der Waals surface area contributed by atoms with Crippen LogP contribution in [-0.2, 0) is 10.9 Å². The Labute approximate surface area is 241 Å². The summed E-state index contributed by atoms with van der Waals surface area (Å²) in [6.45, 7) is 6.15. The molecule has 0 unspecified atom stereocenters. The van der Waals surface area contributed by atoms with Gasteiger partial charge in [-0.15, -0.1) is 0 Å². The third-order valence-electron chi connectivity index (χ3n) is 7.13. The lowest BCUT2D eigenvalue weighted by molar-refractivity contribution is 0.304. The number of ether oxygens (including phenoxy) is 2. The van der Waals surface area contributed by atoms with Crippen LogP contribution < -0.4 is 9.47 Å². The van der Waals surface area contributed by atoms with E-state index in [2.05, 4.69) is 92.7 Å². The molecule has 0 atom stereocenters. The van der Waals surface area contributed by atoms with Gasteiger partial charge < -0.3 is 9.47 Å². The lowest BCUT2D eigenvalue weighted by Gasteiger charge is -2.11. The fourth-order valence-corrected chi connectivity index (χ4v) is 6.87. The summed E-state index contributed by atoms with van der Waals surface area (Å²) in [5.41, 5.74) is 0. The van der Waals surface area contributed by atoms with Gasteiger partial charge in [-0.2, -0.15) is 0 Å². The Balaban J connectivity index is 1.52. The number of rotatable bonds is 21. The SMILES string of the molecule is CCCCCCCCCOc1ccc([S+](c2ccccc2)c2ccc(OCCCCCCCCC)cc2)cc1. The van der Waals surface area contributed by atoms with Gasteiger partial charge >= 0.3 is 0 Å². The van der Waals surface area contributed by atoms with Crippen molar-refractivity contribution in [1.29, 1.82) is 0 Å². The molecule has 0 aliphatic carbocycles. The number of hydrogen-bond acceptors (Lipinski definition) is 2. The summed E-state index contributed by atoms with van der Waals surface area (Å²) >= 11 is 0. The van der Waals surface area contributed by atoms with E-state index in [0.717, 1.165) is 37.6 Å². The van der Waals surface area contributed by atoms with Gasteiger partial charge in [-0.05, 0) is 73.5 Å². The standard InChI is InChI=1S/C36H51O2S/c1-3-5-7-9-11-13-18-30-37-32-22-26-35(27-23-32)39(34-20-16-15-17-21-34)36-28-24-33(25-29-36)38-31-19-14-12-10-8-6-4-2/h15-17,20-29H,3-14,18-19,30-31H2,1-2H3/q+1. The van der Waals surface area contributed by atoms with E-state index in [1.807, 2.05) is 0 Å². The maximum Gasteiger partial charge on any atom is 0.166 e. The molecule has 0 bridgehead atoms. The van der Waals surface area contributed by atoms with E-state index < -0.39 is 0 Å². The maximum absolute atomic E-state index is 6.06. The molecular weight excluding hydrogens is 496 g/mol. The average Bonchev–Trinajstić information content (AvgIpc) is 2.98. The average molecular weight is 548 g/mol. The van der Waals surface area contributed by atoms with E-state index in [1.54, 1.807) is 0 Å². The highest BCUT2D eigenvalue weighted by Crippen LogP contribution is 2.33. The van der Waals surface area contributed by atoms with Gasteiger partial charge in [-0.3, -0.25) is 0 Å². The monoisotopic (exact) mass is 547 g/mol. The molecule has 3 aromatic carbocycles. The van der Waals surface area contributed by atoms with E-state index >= 15 is 0 Å². The highest BCUT2D eigenvalue weighted by Gasteiger charge is 2.28. The van der Waals surface area contributed by atoms with Crippen LogP contribution in [0.1, 0.15) is 104 Å². The summed E-state index contributed by atoms with van der Waals surface area (Å²) in [4.78, 5) is 3.94. The molecule has 0 N–H and O–H groups in total. The van der Waals surface area contributed by atoms with E-state index in [1.165, 1.54) is 91.7 Å². The Morgan fingerprint density at radius 1 is 0.410 bits per heavy atom. The third-order valence-corrected chi connectivity index (χ3v) is 9.36. The quantitative estimate of drug-likeness (QED) is 0.0975. The zero-order valence-electron chi connectivity index (χ0n) is 24.5. The second-order valence-corrected chi connectivity index (χ2v) is 12.5. The van der Waals surface area contributed by atoms with Crippen LogP contribution in [-0.4, -0.2) is 13.2 Å². The summed E-state index contributed by atoms with van der Waals surface area (Å²) in [6.07, 6.45) is 18.3. The largest absolute Gasteiger partial charge is 0.494 e. The second-order valence-electron chi connectivity index (χ2n) is 10.5. The first kappa shape index (κ1) is 31.1. The molecule has 0 heterocycles. The minimum atomic E-state index is -0.168. The van der Waals surface area contributed by atoms with Crippen molar-refractivity contribution in [2.45, 2.75) is 118 Å². The minimum Gasteiger partial charge on any atom is -0.494 e. The second kappa shape index (κ2) is 19.6. The zero-order chi connectivity index (χ0) is 27.4. The van der Waals surface area contributed by atoms with E-state index in [9.17, 15) is 0 Å². The maximum atomic E-state index is 6.06. The van der Waals surface area contributed by atoms with Gasteiger partial charge in [-0.25, -0.2) is 0 Å². The Hall–Kier alpha value is -2.39. The highest BCUT2D eigenvalue weighted by atomic mass is 32.2. The van der Waals surface area contributed by atoms with Crippen molar-refractivity contribution in [3.05, 3.63) is 78.9 Å². The van der Waals surface area contributed by atoms with Gasteiger partial charge in [0.25, 0.3) is 0 Å². The normalized spacial score (nSPS) is 11.2. The molecular formula is C36H51O2S+. The third kappa shape index (κ3) is 12.1. The molecule has 0 aromatic heterocycles. The molecule has 3 aromatic rings. The van der Waals surface area contributed by atoms with E-state index in [4.69, 9.17) is 9.47 Å². The van der Waals surface area contributed by atoms with Crippen molar-refractivity contribution in [2.75, 3.05) is 13.2 Å². The van der Waals surface area contributed by atoms with Gasteiger partial charge in [0.2, 0.25) is 0 Å². The predicted octanol–water partition coefficient (Wildman–Crippen LogP) is 11.0. The lowest BCUT2D eigenvalue weighted by Crippen LogP contribution is -2.05. The Bertz CT molecular complexity index is 921. The first-order valence-corrected chi connectivity index (χ1v) is 16.8. The number of unbranched alkanes of at least 4 members (excludes halogenated alkanes) is 12. The van der Waals surface area contributed by atoms with Gasteiger partial charge in [0.05, 0.1) is 24.1 Å². The summed E-state index contributed by atoms with van der Waals surface area (Å²) in [6, 6.07) is 28.3. The zero-order valence-corrected chi connectivity index (χ0v) is 25.4. The van der Waals surface area contributed by atoms with Crippen molar-refractivity contribution in [1.82, 2.24) is 0 Å². The van der Waals surface area contributed by atoms with Gasteiger partial charge in [0.1, 0.15) is 11.5 Å². The fraction of sp³-hybridized carbons (Fsp3) is 0.500. The molecule has 0 aliphatic rings. The Morgan fingerprint density at radius 3 is 1.18 bits per heavy atom. The molecule has 0 saturated heterocycles.